The van der Waals surface area contributed by atoms with Crippen LogP contribution in [0.25, 0.3) is 0 Å². The van der Waals surface area contributed by atoms with Crippen LogP contribution in [-0.2, 0) is 19.2 Å². The molecule has 0 bridgehead atoms. The van der Waals surface area contributed by atoms with Crippen LogP contribution >= 0.6 is 0 Å². The molecule has 0 aliphatic rings. The van der Waals surface area contributed by atoms with Gasteiger partial charge in [0.2, 0.25) is 11.8 Å². The van der Waals surface area contributed by atoms with Crippen LogP contribution < -0.4 is 10.6 Å². The van der Waals surface area contributed by atoms with Crippen molar-refractivity contribution in [2.45, 2.75) is 51.4 Å². The molecule has 8 nitrogen and oxygen atoms in total. The zero-order valence-electron chi connectivity index (χ0n) is 13.8. The fourth-order valence-electron chi connectivity index (χ4n) is 1.93. The van der Waals surface area contributed by atoms with E-state index in [1.807, 2.05) is 0 Å². The van der Waals surface area contributed by atoms with Gasteiger partial charge in [-0.3, -0.25) is 19.2 Å². The van der Waals surface area contributed by atoms with Crippen molar-refractivity contribution in [1.82, 2.24) is 10.6 Å². The molecule has 0 heterocycles. The van der Waals surface area contributed by atoms with Crippen LogP contribution in [0.4, 0.5) is 0 Å². The van der Waals surface area contributed by atoms with E-state index < -0.39 is 17.8 Å². The Bertz CT molecular complexity index is 448. The first-order chi connectivity index (χ1) is 11.4. The first-order valence-corrected chi connectivity index (χ1v) is 8.06. The lowest BCUT2D eigenvalue weighted by atomic mass is 10.1. The van der Waals surface area contributed by atoms with Gasteiger partial charge in [-0.15, -0.1) is 0 Å². The summed E-state index contributed by atoms with van der Waals surface area (Å²) in [5.74, 6) is -2.75. The molecule has 0 aliphatic carbocycles. The van der Waals surface area contributed by atoms with Gasteiger partial charge >= 0.3 is 11.9 Å². The van der Waals surface area contributed by atoms with E-state index in [0.29, 0.717) is 6.42 Å². The number of allylic oxidation sites excluding steroid dienone is 1. The Morgan fingerprint density at radius 1 is 0.750 bits per heavy atom. The van der Waals surface area contributed by atoms with Gasteiger partial charge in [0.15, 0.2) is 0 Å². The second-order valence-electron chi connectivity index (χ2n) is 5.34. The summed E-state index contributed by atoms with van der Waals surface area (Å²) in [7, 11) is 0. The maximum atomic E-state index is 11.2. The van der Waals surface area contributed by atoms with Gasteiger partial charge in [0.1, 0.15) is 13.1 Å². The molecular weight excluding hydrogens is 316 g/mol. The average molecular weight is 342 g/mol. The Morgan fingerprint density at radius 3 is 1.92 bits per heavy atom. The molecule has 0 aromatic rings. The minimum Gasteiger partial charge on any atom is -0.480 e. The number of hydrogen-bond donors (Lipinski definition) is 4. The van der Waals surface area contributed by atoms with E-state index in [1.54, 1.807) is 6.08 Å². The highest BCUT2D eigenvalue weighted by molar-refractivity contribution is 5.89. The molecule has 0 fully saturated rings. The van der Waals surface area contributed by atoms with E-state index in [1.165, 1.54) is 6.08 Å². The molecule has 0 radical (unpaired) electrons. The van der Waals surface area contributed by atoms with Gasteiger partial charge in [-0.2, -0.15) is 0 Å². The number of carboxylic acid groups (broad SMARTS) is 2. The van der Waals surface area contributed by atoms with E-state index in [9.17, 15) is 19.2 Å². The van der Waals surface area contributed by atoms with Crippen LogP contribution in [0.5, 0.6) is 0 Å². The zero-order chi connectivity index (χ0) is 18.2. The maximum absolute atomic E-state index is 11.2. The predicted octanol–water partition coefficient (Wildman–Crippen LogP) is 1.06. The van der Waals surface area contributed by atoms with Gasteiger partial charge in [-0.05, 0) is 25.3 Å². The number of rotatable bonds is 14. The third-order valence-electron chi connectivity index (χ3n) is 3.14. The fraction of sp³-hybridized carbons (Fsp3) is 0.625. The van der Waals surface area contributed by atoms with E-state index in [4.69, 9.17) is 10.2 Å². The number of unbranched alkanes of at least 4 members (excludes halogenated alkanes) is 6. The molecule has 0 atom stereocenters. The van der Waals surface area contributed by atoms with Gasteiger partial charge in [0.05, 0.1) is 0 Å². The Balaban J connectivity index is 3.39. The molecule has 0 aromatic carbocycles. The Kier molecular flexibility index (Phi) is 12.8. The first kappa shape index (κ1) is 21.6. The molecular formula is C16H26N2O6. The summed E-state index contributed by atoms with van der Waals surface area (Å²) in [5, 5.41) is 21.4. The molecule has 0 aliphatic heterocycles. The first-order valence-electron chi connectivity index (χ1n) is 8.06. The van der Waals surface area contributed by atoms with Crippen molar-refractivity contribution in [1.29, 1.82) is 0 Å². The van der Waals surface area contributed by atoms with Crippen LogP contribution in [-0.4, -0.2) is 47.1 Å². The summed E-state index contributed by atoms with van der Waals surface area (Å²) in [5.41, 5.74) is 0. The van der Waals surface area contributed by atoms with E-state index in [2.05, 4.69) is 10.6 Å². The Morgan fingerprint density at radius 2 is 1.29 bits per heavy atom. The summed E-state index contributed by atoms with van der Waals surface area (Å²) in [6, 6.07) is 0. The molecule has 0 aromatic heterocycles. The minimum atomic E-state index is -1.07. The smallest absolute Gasteiger partial charge is 0.322 e. The lowest BCUT2D eigenvalue weighted by Crippen LogP contribution is -2.28. The van der Waals surface area contributed by atoms with Crippen molar-refractivity contribution in [2.75, 3.05) is 13.1 Å². The van der Waals surface area contributed by atoms with Gasteiger partial charge in [-0.1, -0.05) is 31.8 Å². The summed E-state index contributed by atoms with van der Waals surface area (Å²) < 4.78 is 0. The molecule has 0 saturated heterocycles. The normalized spacial score (nSPS) is 10.5. The molecule has 4 N–H and O–H groups in total. The molecule has 24 heavy (non-hydrogen) atoms. The quantitative estimate of drug-likeness (QED) is 0.276. The van der Waals surface area contributed by atoms with Crippen LogP contribution in [0.2, 0.25) is 0 Å². The standard InChI is InChI=1S/C16H26N2O6/c19-13(17-11-15(21)22)9-7-5-3-1-2-4-6-8-10-14(20)18-12-16(23)24/h7,9H,1-6,8,10-12H2,(H,17,19)(H,18,20)(H,21,22)(H,23,24)/b9-7+. The van der Waals surface area contributed by atoms with E-state index in [-0.39, 0.29) is 19.0 Å². The Labute approximate surface area is 141 Å². The zero-order valence-corrected chi connectivity index (χ0v) is 13.8. The van der Waals surface area contributed by atoms with Crippen LogP contribution in [0.15, 0.2) is 12.2 Å². The third kappa shape index (κ3) is 16.0. The molecule has 0 spiro atoms. The topological polar surface area (TPSA) is 133 Å². The molecule has 2 amide bonds. The number of nitrogens with one attached hydrogen (secondary N) is 2. The van der Waals surface area contributed by atoms with Gasteiger partial charge in [0, 0.05) is 6.42 Å². The number of hydrogen-bond acceptors (Lipinski definition) is 4. The van der Waals surface area contributed by atoms with E-state index >= 15 is 0 Å². The van der Waals surface area contributed by atoms with Gasteiger partial charge < -0.3 is 20.8 Å². The SMILES string of the molecule is O=C(O)CNC(=O)/C=C/CCCCCCCCC(=O)NCC(=O)O. The summed E-state index contributed by atoms with van der Waals surface area (Å²) in [6.07, 6.45) is 9.87. The van der Waals surface area contributed by atoms with Crippen molar-refractivity contribution < 1.29 is 29.4 Å². The number of carbonyl (C=O) groups excluding carboxylic acids is 2. The van der Waals surface area contributed by atoms with Crippen LogP contribution in [0.1, 0.15) is 51.4 Å². The van der Waals surface area contributed by atoms with Crippen LogP contribution in [0.3, 0.4) is 0 Å². The second kappa shape index (κ2) is 14.2. The lowest BCUT2D eigenvalue weighted by molar-refractivity contribution is -0.138. The minimum absolute atomic E-state index is 0.233. The van der Waals surface area contributed by atoms with Gasteiger partial charge in [-0.25, -0.2) is 0 Å². The number of carbonyl (C=O) groups is 4. The number of amides is 2. The van der Waals surface area contributed by atoms with Gasteiger partial charge in [0.25, 0.3) is 0 Å². The lowest BCUT2D eigenvalue weighted by Gasteiger charge is -2.02. The van der Waals surface area contributed by atoms with Crippen molar-refractivity contribution in [3.63, 3.8) is 0 Å². The average Bonchev–Trinajstić information content (AvgIpc) is 2.52. The highest BCUT2D eigenvalue weighted by Crippen LogP contribution is 2.08. The molecule has 0 unspecified atom stereocenters. The van der Waals surface area contributed by atoms with Crippen molar-refractivity contribution >= 4 is 23.8 Å². The van der Waals surface area contributed by atoms with E-state index in [0.717, 1.165) is 44.9 Å². The monoisotopic (exact) mass is 342 g/mol. The predicted molar refractivity (Wildman–Crippen MR) is 87.4 cm³/mol. The van der Waals surface area contributed by atoms with Crippen molar-refractivity contribution in [3.8, 4) is 0 Å². The molecule has 0 saturated carbocycles. The van der Waals surface area contributed by atoms with Crippen molar-refractivity contribution in [2.24, 2.45) is 0 Å². The Hall–Kier alpha value is -2.38. The fourth-order valence-corrected chi connectivity index (χ4v) is 1.93. The summed E-state index contributed by atoms with van der Waals surface area (Å²) >= 11 is 0. The molecule has 136 valence electrons. The highest BCUT2D eigenvalue weighted by atomic mass is 16.4. The van der Waals surface area contributed by atoms with Crippen LogP contribution in [0, 0.1) is 0 Å². The van der Waals surface area contributed by atoms with Crippen molar-refractivity contribution in [3.05, 3.63) is 12.2 Å². The second-order valence-corrected chi connectivity index (χ2v) is 5.34. The third-order valence-corrected chi connectivity index (χ3v) is 3.14. The number of aliphatic carboxylic acids is 2. The number of carboxylic acids is 2. The summed E-state index contributed by atoms with van der Waals surface area (Å²) in [4.78, 5) is 42.9. The maximum Gasteiger partial charge on any atom is 0.322 e. The largest absolute Gasteiger partial charge is 0.480 e. The summed E-state index contributed by atoms with van der Waals surface area (Å²) in [6.45, 7) is -0.710. The molecule has 8 heteroatoms. The molecule has 0 rings (SSSR count). The highest BCUT2D eigenvalue weighted by Gasteiger charge is 2.03.